The van der Waals surface area contributed by atoms with Gasteiger partial charge in [0.15, 0.2) is 18.4 Å². The minimum atomic E-state index is -4.81. The summed E-state index contributed by atoms with van der Waals surface area (Å²) >= 11 is 5.70. The van der Waals surface area contributed by atoms with Crippen molar-refractivity contribution in [3.63, 3.8) is 0 Å². The van der Waals surface area contributed by atoms with Crippen LogP contribution in [0.4, 0.5) is 17.6 Å². The van der Waals surface area contributed by atoms with E-state index in [0.29, 0.717) is 6.07 Å². The van der Waals surface area contributed by atoms with E-state index in [1.807, 2.05) is 0 Å². The van der Waals surface area contributed by atoms with Crippen molar-refractivity contribution in [2.24, 2.45) is 0 Å². The zero-order valence-electron chi connectivity index (χ0n) is 14.4. The van der Waals surface area contributed by atoms with E-state index in [4.69, 9.17) is 25.6 Å². The van der Waals surface area contributed by atoms with Gasteiger partial charge < -0.3 is 18.8 Å². The van der Waals surface area contributed by atoms with Gasteiger partial charge in [0.05, 0.1) is 21.8 Å². The largest absolute Gasteiger partial charge is 0.498 e. The van der Waals surface area contributed by atoms with Crippen LogP contribution in [-0.4, -0.2) is 32.2 Å². The van der Waals surface area contributed by atoms with Crippen molar-refractivity contribution in [2.45, 2.75) is 45.1 Å². The molecule has 0 aromatic heterocycles. The monoisotopic (exact) mass is 384 g/mol. The second-order valence-electron chi connectivity index (χ2n) is 6.61. The number of methoxy groups -OCH3 is 1. The average molecular weight is 385 g/mol. The van der Waals surface area contributed by atoms with E-state index < -0.39 is 58.9 Å². The summed E-state index contributed by atoms with van der Waals surface area (Å²) < 4.78 is 75.4. The molecule has 0 N–H and O–H groups in total. The van der Waals surface area contributed by atoms with E-state index >= 15 is 0 Å². The molecule has 0 aliphatic carbocycles. The Morgan fingerprint density at radius 1 is 1.16 bits per heavy atom. The second kappa shape index (κ2) is 6.61. The van der Waals surface area contributed by atoms with Gasteiger partial charge in [-0.25, -0.2) is 4.39 Å². The van der Waals surface area contributed by atoms with E-state index in [9.17, 15) is 17.6 Å². The number of alkyl halides is 3. The van der Waals surface area contributed by atoms with Crippen LogP contribution in [0.2, 0.25) is 5.02 Å². The molecule has 4 nitrogen and oxygen atoms in total. The van der Waals surface area contributed by atoms with Crippen LogP contribution in [0.15, 0.2) is 6.07 Å². The SMILES string of the molecule is COCOc1c(F)c(B2OC(C)(C)C(C)(C)O2)cc(C(F)(F)F)c1Cl. The Balaban J connectivity index is 2.58. The Morgan fingerprint density at radius 3 is 2.12 bits per heavy atom. The average Bonchev–Trinajstić information content (AvgIpc) is 2.65. The highest BCUT2D eigenvalue weighted by Crippen LogP contribution is 2.42. The minimum Gasteiger partial charge on any atom is -0.463 e. The van der Waals surface area contributed by atoms with Crippen LogP contribution in [0.3, 0.4) is 0 Å². The molecule has 0 spiro atoms. The molecule has 1 heterocycles. The Morgan fingerprint density at radius 2 is 1.68 bits per heavy atom. The lowest BCUT2D eigenvalue weighted by atomic mass is 9.77. The fourth-order valence-corrected chi connectivity index (χ4v) is 2.52. The van der Waals surface area contributed by atoms with Gasteiger partial charge in [0.2, 0.25) is 0 Å². The number of benzene rings is 1. The summed E-state index contributed by atoms with van der Waals surface area (Å²) in [5, 5.41) is -0.887. The molecule has 140 valence electrons. The molecule has 0 bridgehead atoms. The van der Waals surface area contributed by atoms with Crippen LogP contribution in [-0.2, 0) is 20.2 Å². The minimum absolute atomic E-state index is 0.443. The molecule has 25 heavy (non-hydrogen) atoms. The normalized spacial score (nSPS) is 19.4. The molecule has 1 aliphatic rings. The number of hydrogen-bond donors (Lipinski definition) is 0. The van der Waals surface area contributed by atoms with Gasteiger partial charge in [-0.3, -0.25) is 0 Å². The third-order valence-electron chi connectivity index (χ3n) is 4.32. The van der Waals surface area contributed by atoms with Crippen molar-refractivity contribution in [1.82, 2.24) is 0 Å². The summed E-state index contributed by atoms with van der Waals surface area (Å²) in [5.41, 5.74) is -3.39. The first-order valence-corrected chi connectivity index (χ1v) is 7.76. The van der Waals surface area contributed by atoms with E-state index in [1.165, 1.54) is 7.11 Å². The molecular weight excluding hydrogens is 366 g/mol. The zero-order chi connectivity index (χ0) is 19.2. The van der Waals surface area contributed by atoms with Gasteiger partial charge in [-0.15, -0.1) is 0 Å². The van der Waals surface area contributed by atoms with Gasteiger partial charge in [-0.1, -0.05) is 11.6 Å². The van der Waals surface area contributed by atoms with Gasteiger partial charge in [-0.2, -0.15) is 13.2 Å². The van der Waals surface area contributed by atoms with Crippen LogP contribution < -0.4 is 10.2 Å². The maximum absolute atomic E-state index is 14.8. The molecule has 1 aromatic carbocycles. The highest BCUT2D eigenvalue weighted by atomic mass is 35.5. The summed E-state index contributed by atoms with van der Waals surface area (Å²) in [7, 11) is -0.0950. The maximum Gasteiger partial charge on any atom is 0.498 e. The third-order valence-corrected chi connectivity index (χ3v) is 4.70. The molecule has 0 radical (unpaired) electrons. The summed E-state index contributed by atoms with van der Waals surface area (Å²) in [6.07, 6.45) is -4.81. The summed E-state index contributed by atoms with van der Waals surface area (Å²) in [6.45, 7) is 6.34. The third kappa shape index (κ3) is 3.74. The number of rotatable bonds is 4. The van der Waals surface area contributed by atoms with Gasteiger partial charge in [0, 0.05) is 12.6 Å². The number of hydrogen-bond acceptors (Lipinski definition) is 4. The Hall–Kier alpha value is -1.03. The van der Waals surface area contributed by atoms with Crippen molar-refractivity contribution >= 4 is 24.2 Å². The van der Waals surface area contributed by atoms with Gasteiger partial charge in [0.1, 0.15) is 0 Å². The summed E-state index contributed by atoms with van der Waals surface area (Å²) in [5.74, 6) is -1.85. The predicted octanol–water partition coefficient (Wildman–Crippen LogP) is 3.78. The smallest absolute Gasteiger partial charge is 0.463 e. The van der Waals surface area contributed by atoms with Gasteiger partial charge in [0.25, 0.3) is 0 Å². The van der Waals surface area contributed by atoms with E-state index in [-0.39, 0.29) is 0 Å². The van der Waals surface area contributed by atoms with Crippen molar-refractivity contribution in [1.29, 1.82) is 0 Å². The van der Waals surface area contributed by atoms with Crippen molar-refractivity contribution in [3.05, 3.63) is 22.5 Å². The van der Waals surface area contributed by atoms with E-state index in [2.05, 4.69) is 4.74 Å². The number of ether oxygens (including phenoxy) is 2. The molecule has 1 fully saturated rings. The Kier molecular flexibility index (Phi) is 5.36. The van der Waals surface area contributed by atoms with E-state index in [1.54, 1.807) is 27.7 Å². The molecule has 1 saturated heterocycles. The van der Waals surface area contributed by atoms with E-state index in [0.717, 1.165) is 0 Å². The fraction of sp³-hybridized carbons (Fsp3) is 0.600. The molecule has 1 aliphatic heterocycles. The topological polar surface area (TPSA) is 36.9 Å². The Labute approximate surface area is 148 Å². The molecule has 10 heteroatoms. The lowest BCUT2D eigenvalue weighted by molar-refractivity contribution is -0.137. The molecule has 0 unspecified atom stereocenters. The summed E-state index contributed by atoms with van der Waals surface area (Å²) in [6, 6.07) is 0.583. The first-order chi connectivity index (χ1) is 11.3. The molecule has 2 rings (SSSR count). The van der Waals surface area contributed by atoms with Gasteiger partial charge in [-0.05, 0) is 33.8 Å². The molecule has 0 amide bonds. The maximum atomic E-state index is 14.8. The number of halogens is 5. The molecule has 1 aromatic rings. The first kappa shape index (κ1) is 20.3. The quantitative estimate of drug-likeness (QED) is 0.450. The van der Waals surface area contributed by atoms with Crippen LogP contribution in [0.1, 0.15) is 33.3 Å². The highest BCUT2D eigenvalue weighted by Gasteiger charge is 2.53. The van der Waals surface area contributed by atoms with Crippen LogP contribution in [0, 0.1) is 5.82 Å². The fourth-order valence-electron chi connectivity index (χ4n) is 2.22. The highest BCUT2D eigenvalue weighted by molar-refractivity contribution is 6.62. The standard InChI is InChI=1S/C15H18BClF4O4/c1-13(2)14(3,4)25-16(24-13)9-6-8(15(19,20)21)10(17)12(11(9)18)23-7-22-5/h6H,7H2,1-5H3. The molecular formula is C15H18BClF4O4. The summed E-state index contributed by atoms with van der Waals surface area (Å²) in [4.78, 5) is 0. The predicted molar refractivity (Wildman–Crippen MR) is 84.6 cm³/mol. The van der Waals surface area contributed by atoms with Gasteiger partial charge >= 0.3 is 13.3 Å². The lowest BCUT2D eigenvalue weighted by Gasteiger charge is -2.32. The molecule has 0 saturated carbocycles. The van der Waals surface area contributed by atoms with Crippen LogP contribution in [0.5, 0.6) is 5.75 Å². The van der Waals surface area contributed by atoms with Crippen LogP contribution in [0.25, 0.3) is 0 Å². The first-order valence-electron chi connectivity index (χ1n) is 7.38. The second-order valence-corrected chi connectivity index (χ2v) is 6.99. The lowest BCUT2D eigenvalue weighted by Crippen LogP contribution is -2.41. The molecule has 0 atom stereocenters. The van der Waals surface area contributed by atoms with Crippen molar-refractivity contribution in [3.8, 4) is 5.75 Å². The van der Waals surface area contributed by atoms with Crippen LogP contribution >= 0.6 is 11.6 Å². The zero-order valence-corrected chi connectivity index (χ0v) is 15.1. The van der Waals surface area contributed by atoms with Crippen molar-refractivity contribution < 1.29 is 36.3 Å². The Bertz CT molecular complexity index is 648. The van der Waals surface area contributed by atoms with Crippen molar-refractivity contribution in [2.75, 3.05) is 13.9 Å².